The second-order valence-corrected chi connectivity index (χ2v) is 5.66. The van der Waals surface area contributed by atoms with E-state index in [1.807, 2.05) is 36.4 Å². The summed E-state index contributed by atoms with van der Waals surface area (Å²) in [6, 6.07) is 15.6. The predicted octanol–water partition coefficient (Wildman–Crippen LogP) is 4.58. The topological polar surface area (TPSA) is 37.8 Å². The fourth-order valence-corrected chi connectivity index (χ4v) is 2.40. The molecule has 0 spiro atoms. The fraction of sp³-hybridized carbons (Fsp3) is 0.0588. The van der Waals surface area contributed by atoms with Crippen molar-refractivity contribution in [2.24, 2.45) is 0 Å². The molecule has 2 aromatic heterocycles. The molecule has 3 aromatic rings. The molecule has 0 aliphatic heterocycles. The van der Waals surface area contributed by atoms with Crippen LogP contribution >= 0.6 is 15.9 Å². The van der Waals surface area contributed by atoms with Crippen LogP contribution in [-0.4, -0.2) is 9.97 Å². The largest absolute Gasteiger partial charge is 0.358 e. The molecular weight excluding hydrogens is 345 g/mol. The van der Waals surface area contributed by atoms with E-state index >= 15 is 0 Å². The maximum Gasteiger partial charge on any atom is 0.126 e. The Balaban J connectivity index is 1.98. The summed E-state index contributed by atoms with van der Waals surface area (Å²) in [5, 5.41) is 3.30. The summed E-state index contributed by atoms with van der Waals surface area (Å²) in [6.45, 7) is 0. The molecule has 0 radical (unpaired) electrons. The molecule has 3 nitrogen and oxygen atoms in total. The van der Waals surface area contributed by atoms with Gasteiger partial charge >= 0.3 is 0 Å². The molecule has 1 atom stereocenters. The standard InChI is InChI=1S/C17H13BrFN3/c18-13-7-8-16(21-11-13)22-17(15-6-1-2-9-20-15)12-4-3-5-14(19)10-12/h1-11,17H,(H,21,22). The van der Waals surface area contributed by atoms with Crippen molar-refractivity contribution < 1.29 is 4.39 Å². The maximum absolute atomic E-state index is 13.6. The first-order valence-corrected chi connectivity index (χ1v) is 7.56. The first kappa shape index (κ1) is 14.7. The summed E-state index contributed by atoms with van der Waals surface area (Å²) in [5.74, 6) is 0.423. The van der Waals surface area contributed by atoms with Gasteiger partial charge < -0.3 is 5.32 Å². The Labute approximate surface area is 136 Å². The Morgan fingerprint density at radius 3 is 2.59 bits per heavy atom. The molecule has 0 fully saturated rings. The SMILES string of the molecule is Fc1cccc(C(Nc2ccc(Br)cn2)c2ccccn2)c1. The number of rotatable bonds is 4. The summed E-state index contributed by atoms with van der Waals surface area (Å²) in [5.41, 5.74) is 1.60. The van der Waals surface area contributed by atoms with Crippen LogP contribution in [0.2, 0.25) is 0 Å². The van der Waals surface area contributed by atoms with Gasteiger partial charge in [-0.15, -0.1) is 0 Å². The lowest BCUT2D eigenvalue weighted by molar-refractivity contribution is 0.624. The second-order valence-electron chi connectivity index (χ2n) is 4.75. The van der Waals surface area contributed by atoms with Crippen LogP contribution in [0.15, 0.2) is 71.5 Å². The lowest BCUT2D eigenvalue weighted by Crippen LogP contribution is -2.14. The van der Waals surface area contributed by atoms with Gasteiger partial charge in [-0.1, -0.05) is 18.2 Å². The highest BCUT2D eigenvalue weighted by molar-refractivity contribution is 9.10. The number of hydrogen-bond acceptors (Lipinski definition) is 3. The molecule has 110 valence electrons. The molecule has 1 aromatic carbocycles. The molecule has 0 bridgehead atoms. The molecule has 2 heterocycles. The maximum atomic E-state index is 13.6. The van der Waals surface area contributed by atoms with E-state index in [0.717, 1.165) is 15.7 Å². The molecule has 0 aliphatic carbocycles. The van der Waals surface area contributed by atoms with Crippen molar-refractivity contribution in [1.82, 2.24) is 9.97 Å². The highest BCUT2D eigenvalue weighted by atomic mass is 79.9. The molecule has 1 N–H and O–H groups in total. The molecule has 5 heteroatoms. The molecular formula is C17H13BrFN3. The first-order valence-electron chi connectivity index (χ1n) is 6.77. The quantitative estimate of drug-likeness (QED) is 0.742. The molecule has 0 aliphatic rings. The Hall–Kier alpha value is -2.27. The summed E-state index contributed by atoms with van der Waals surface area (Å²) in [4.78, 5) is 8.69. The van der Waals surface area contributed by atoms with Gasteiger partial charge in [-0.2, -0.15) is 0 Å². The Morgan fingerprint density at radius 1 is 1.00 bits per heavy atom. The number of halogens is 2. The highest BCUT2D eigenvalue weighted by Crippen LogP contribution is 2.25. The van der Waals surface area contributed by atoms with Gasteiger partial charge in [0.1, 0.15) is 11.6 Å². The van der Waals surface area contributed by atoms with E-state index in [1.165, 1.54) is 12.1 Å². The first-order chi connectivity index (χ1) is 10.7. The molecule has 3 rings (SSSR count). The third kappa shape index (κ3) is 3.49. The summed E-state index contributed by atoms with van der Waals surface area (Å²) >= 11 is 3.36. The molecule has 1 unspecified atom stereocenters. The minimum atomic E-state index is -0.274. The average molecular weight is 358 g/mol. The van der Waals surface area contributed by atoms with Crippen LogP contribution in [0.3, 0.4) is 0 Å². The van der Waals surface area contributed by atoms with Crippen molar-refractivity contribution in [3.63, 3.8) is 0 Å². The summed E-state index contributed by atoms with van der Waals surface area (Å²) in [6.07, 6.45) is 3.43. The lowest BCUT2D eigenvalue weighted by atomic mass is 10.0. The number of nitrogens with zero attached hydrogens (tertiary/aromatic N) is 2. The minimum Gasteiger partial charge on any atom is -0.358 e. The van der Waals surface area contributed by atoms with Gasteiger partial charge in [0.2, 0.25) is 0 Å². The number of hydrogen-bond donors (Lipinski definition) is 1. The second kappa shape index (κ2) is 6.66. The number of aromatic nitrogens is 2. The Bertz CT molecular complexity index is 747. The Morgan fingerprint density at radius 2 is 1.91 bits per heavy atom. The van der Waals surface area contributed by atoms with Crippen molar-refractivity contribution in [2.45, 2.75) is 6.04 Å². The highest BCUT2D eigenvalue weighted by Gasteiger charge is 2.16. The Kier molecular flexibility index (Phi) is 4.44. The van der Waals surface area contributed by atoms with Crippen LogP contribution in [0.25, 0.3) is 0 Å². The van der Waals surface area contributed by atoms with E-state index in [2.05, 4.69) is 31.2 Å². The van der Waals surface area contributed by atoms with Crippen molar-refractivity contribution in [3.8, 4) is 0 Å². The van der Waals surface area contributed by atoms with E-state index in [-0.39, 0.29) is 11.9 Å². The zero-order valence-electron chi connectivity index (χ0n) is 11.6. The van der Waals surface area contributed by atoms with Crippen LogP contribution in [0.4, 0.5) is 10.2 Å². The van der Waals surface area contributed by atoms with Crippen molar-refractivity contribution in [2.75, 3.05) is 5.32 Å². The number of benzene rings is 1. The smallest absolute Gasteiger partial charge is 0.126 e. The summed E-state index contributed by atoms with van der Waals surface area (Å²) < 4.78 is 14.5. The molecule has 0 saturated heterocycles. The average Bonchev–Trinajstić information content (AvgIpc) is 2.55. The number of pyridine rings is 2. The normalized spacial score (nSPS) is 11.9. The van der Waals surface area contributed by atoms with Gasteiger partial charge in [0, 0.05) is 16.9 Å². The van der Waals surface area contributed by atoms with Crippen molar-refractivity contribution in [1.29, 1.82) is 0 Å². The van der Waals surface area contributed by atoms with Crippen LogP contribution < -0.4 is 5.32 Å². The van der Waals surface area contributed by atoms with Crippen LogP contribution in [0, 0.1) is 5.82 Å². The van der Waals surface area contributed by atoms with Crippen LogP contribution in [0.1, 0.15) is 17.3 Å². The summed E-state index contributed by atoms with van der Waals surface area (Å²) in [7, 11) is 0. The predicted molar refractivity (Wildman–Crippen MR) is 88.0 cm³/mol. The van der Waals surface area contributed by atoms with Gasteiger partial charge in [0.25, 0.3) is 0 Å². The molecule has 22 heavy (non-hydrogen) atoms. The monoisotopic (exact) mass is 357 g/mol. The van der Waals surface area contributed by atoms with E-state index in [0.29, 0.717) is 5.82 Å². The van der Waals surface area contributed by atoms with Crippen molar-refractivity contribution in [3.05, 3.63) is 88.5 Å². The minimum absolute atomic E-state index is 0.273. The van der Waals surface area contributed by atoms with E-state index in [1.54, 1.807) is 18.5 Å². The lowest BCUT2D eigenvalue weighted by Gasteiger charge is -2.19. The van der Waals surface area contributed by atoms with Crippen molar-refractivity contribution >= 4 is 21.7 Å². The van der Waals surface area contributed by atoms with Crippen LogP contribution in [-0.2, 0) is 0 Å². The fourth-order valence-electron chi connectivity index (χ4n) is 2.17. The van der Waals surface area contributed by atoms with Gasteiger partial charge in [-0.05, 0) is 57.9 Å². The third-order valence-corrected chi connectivity index (χ3v) is 3.65. The zero-order chi connectivity index (χ0) is 15.4. The molecule has 0 saturated carbocycles. The van der Waals surface area contributed by atoms with Gasteiger partial charge in [0.15, 0.2) is 0 Å². The molecule has 0 amide bonds. The van der Waals surface area contributed by atoms with E-state index in [9.17, 15) is 4.39 Å². The van der Waals surface area contributed by atoms with Gasteiger partial charge in [-0.3, -0.25) is 4.98 Å². The zero-order valence-corrected chi connectivity index (χ0v) is 13.2. The van der Waals surface area contributed by atoms with E-state index < -0.39 is 0 Å². The number of anilines is 1. The third-order valence-electron chi connectivity index (χ3n) is 3.19. The van der Waals surface area contributed by atoms with E-state index in [4.69, 9.17) is 0 Å². The number of nitrogens with one attached hydrogen (secondary N) is 1. The van der Waals surface area contributed by atoms with Gasteiger partial charge in [0.05, 0.1) is 11.7 Å². The van der Waals surface area contributed by atoms with Crippen LogP contribution in [0.5, 0.6) is 0 Å². The van der Waals surface area contributed by atoms with Gasteiger partial charge in [-0.25, -0.2) is 9.37 Å².